The molecule has 0 radical (unpaired) electrons. The highest BCUT2D eigenvalue weighted by molar-refractivity contribution is 5.73. The highest BCUT2D eigenvalue weighted by Gasteiger charge is 2.51. The predicted molar refractivity (Wildman–Crippen MR) is 139 cm³/mol. The Balaban J connectivity index is 1.14. The summed E-state index contributed by atoms with van der Waals surface area (Å²) in [6.07, 6.45) is 10.6. The summed E-state index contributed by atoms with van der Waals surface area (Å²) >= 11 is 0. The van der Waals surface area contributed by atoms with Gasteiger partial charge in [-0.15, -0.1) is 10.2 Å². The Hall–Kier alpha value is -3.46. The number of pyridine rings is 1. The molecule has 0 unspecified atom stereocenters. The molecular formula is C28H32N6O3. The van der Waals surface area contributed by atoms with Crippen LogP contribution in [-0.2, 0) is 0 Å². The lowest BCUT2D eigenvalue weighted by atomic mass is 9.84. The summed E-state index contributed by atoms with van der Waals surface area (Å²) < 4.78 is 11.2. The number of rotatable bonds is 5. The molecule has 9 nitrogen and oxygen atoms in total. The van der Waals surface area contributed by atoms with E-state index in [-0.39, 0.29) is 16.8 Å². The molecule has 1 aliphatic carbocycles. The molecule has 9 heteroatoms. The zero-order chi connectivity index (χ0) is 25.2. The molecule has 7 rings (SSSR count). The minimum atomic E-state index is 0.0942. The van der Waals surface area contributed by atoms with Crippen molar-refractivity contribution in [3.05, 3.63) is 36.7 Å². The zero-order valence-corrected chi connectivity index (χ0v) is 21.3. The Morgan fingerprint density at radius 3 is 2.41 bits per heavy atom. The fraction of sp³-hybridized carbons (Fsp3) is 0.500. The first-order valence-corrected chi connectivity index (χ1v) is 13.2. The van der Waals surface area contributed by atoms with Gasteiger partial charge in [-0.1, -0.05) is 6.07 Å². The lowest BCUT2D eigenvalue weighted by Gasteiger charge is -2.46. The standard InChI is InChI=1S/C28H32N6O3/c1-27-7-8-28(2,33-27)14-20(13-27)34(19-4-5-19)24-16-29-25(32-31-24)21-6-3-17(11-22(21)35)18-12-23-26(30-15-18)37-10-9-36-23/h3,6,11-12,15-16,19-20,33,35H,4-5,7-10,13-14H2,1-2H3/t20-,27-,28+. The number of aromatic nitrogens is 4. The molecule has 3 aromatic rings. The molecule has 3 aliphatic heterocycles. The summed E-state index contributed by atoms with van der Waals surface area (Å²) in [4.78, 5) is 11.5. The van der Waals surface area contributed by atoms with Gasteiger partial charge in [-0.2, -0.15) is 0 Å². The van der Waals surface area contributed by atoms with E-state index in [4.69, 9.17) is 9.47 Å². The summed E-state index contributed by atoms with van der Waals surface area (Å²) in [6, 6.07) is 8.26. The molecule has 4 aliphatic rings. The third-order valence-corrected chi connectivity index (χ3v) is 8.32. The molecule has 1 aromatic carbocycles. The van der Waals surface area contributed by atoms with Crippen molar-refractivity contribution in [2.75, 3.05) is 18.1 Å². The summed E-state index contributed by atoms with van der Waals surface area (Å²) in [5.41, 5.74) is 2.57. The van der Waals surface area contributed by atoms with Crippen LogP contribution in [0.25, 0.3) is 22.5 Å². The summed E-state index contributed by atoms with van der Waals surface area (Å²) in [5, 5.41) is 23.8. The minimum Gasteiger partial charge on any atom is -0.507 e. The molecule has 2 aromatic heterocycles. The molecule has 2 bridgehead atoms. The molecule has 0 amide bonds. The number of ether oxygens (including phenoxy) is 2. The van der Waals surface area contributed by atoms with Gasteiger partial charge in [0.1, 0.15) is 19.0 Å². The van der Waals surface area contributed by atoms with Crippen LogP contribution in [-0.4, -0.2) is 61.6 Å². The Morgan fingerprint density at radius 2 is 1.70 bits per heavy atom. The Bertz CT molecular complexity index is 1330. The van der Waals surface area contributed by atoms with Crippen molar-refractivity contribution >= 4 is 5.82 Å². The maximum absolute atomic E-state index is 10.8. The van der Waals surface area contributed by atoms with E-state index in [2.05, 4.69) is 44.2 Å². The Labute approximate surface area is 216 Å². The van der Waals surface area contributed by atoms with Crippen LogP contribution in [0, 0.1) is 0 Å². The monoisotopic (exact) mass is 500 g/mol. The number of piperidine rings is 1. The van der Waals surface area contributed by atoms with Crippen LogP contribution in [0.15, 0.2) is 36.7 Å². The van der Waals surface area contributed by atoms with Gasteiger partial charge in [-0.25, -0.2) is 9.97 Å². The van der Waals surface area contributed by atoms with Crippen molar-refractivity contribution in [2.45, 2.75) is 75.5 Å². The SMILES string of the molecule is C[C@]12CC[C@](C)(C[C@@H](N(c3cnc(-c4ccc(-c5cnc6c(c5)OCCO6)cc4O)nn3)C3CC3)C1)N2. The van der Waals surface area contributed by atoms with E-state index < -0.39 is 0 Å². The van der Waals surface area contributed by atoms with E-state index in [0.717, 1.165) is 29.8 Å². The fourth-order valence-electron chi connectivity index (χ4n) is 6.55. The summed E-state index contributed by atoms with van der Waals surface area (Å²) in [6.45, 7) is 5.71. The molecule has 1 saturated carbocycles. The highest BCUT2D eigenvalue weighted by Crippen LogP contribution is 2.46. The van der Waals surface area contributed by atoms with Gasteiger partial charge in [-0.05, 0) is 76.1 Å². The number of aromatic hydroxyl groups is 1. The van der Waals surface area contributed by atoms with Crippen LogP contribution < -0.4 is 19.7 Å². The second-order valence-corrected chi connectivity index (χ2v) is 11.5. The minimum absolute atomic E-state index is 0.0942. The fourth-order valence-corrected chi connectivity index (χ4v) is 6.55. The molecule has 2 N–H and O–H groups in total. The average molecular weight is 501 g/mol. The van der Waals surface area contributed by atoms with E-state index >= 15 is 0 Å². The first-order chi connectivity index (χ1) is 17.9. The molecule has 3 fully saturated rings. The van der Waals surface area contributed by atoms with Gasteiger partial charge in [0.15, 0.2) is 17.4 Å². The molecule has 37 heavy (non-hydrogen) atoms. The van der Waals surface area contributed by atoms with Crippen LogP contribution in [0.4, 0.5) is 5.82 Å². The Morgan fingerprint density at radius 1 is 0.919 bits per heavy atom. The largest absolute Gasteiger partial charge is 0.507 e. The molecule has 0 spiro atoms. The lowest BCUT2D eigenvalue weighted by Crippen LogP contribution is -2.59. The number of nitrogens with zero attached hydrogens (tertiary/aromatic N) is 5. The van der Waals surface area contributed by atoms with Crippen molar-refractivity contribution in [1.29, 1.82) is 0 Å². The van der Waals surface area contributed by atoms with Gasteiger partial charge in [0.25, 0.3) is 5.88 Å². The second kappa shape index (κ2) is 8.28. The number of hydrogen-bond donors (Lipinski definition) is 2. The first-order valence-electron chi connectivity index (χ1n) is 13.2. The van der Waals surface area contributed by atoms with E-state index in [1.165, 1.54) is 25.7 Å². The summed E-state index contributed by atoms with van der Waals surface area (Å²) in [7, 11) is 0. The molecule has 5 heterocycles. The van der Waals surface area contributed by atoms with Crippen molar-refractivity contribution in [1.82, 2.24) is 25.5 Å². The van der Waals surface area contributed by atoms with Crippen molar-refractivity contribution in [3.63, 3.8) is 0 Å². The van der Waals surface area contributed by atoms with Crippen molar-refractivity contribution in [3.8, 4) is 39.9 Å². The topological polar surface area (TPSA) is 106 Å². The molecular weight excluding hydrogens is 468 g/mol. The van der Waals surface area contributed by atoms with Crippen LogP contribution >= 0.6 is 0 Å². The lowest BCUT2D eigenvalue weighted by molar-refractivity contribution is 0.164. The number of nitrogens with one attached hydrogen (secondary N) is 1. The number of benzene rings is 1. The van der Waals surface area contributed by atoms with E-state index in [0.29, 0.717) is 48.3 Å². The number of anilines is 1. The first kappa shape index (κ1) is 22.7. The number of fused-ring (bicyclic) bond motifs is 3. The van der Waals surface area contributed by atoms with Crippen molar-refractivity contribution < 1.29 is 14.6 Å². The number of hydrogen-bond acceptors (Lipinski definition) is 9. The summed E-state index contributed by atoms with van der Waals surface area (Å²) in [5.74, 6) is 2.45. The number of phenols is 1. The van der Waals surface area contributed by atoms with Crippen LogP contribution in [0.1, 0.15) is 52.4 Å². The van der Waals surface area contributed by atoms with Gasteiger partial charge in [0.05, 0.1) is 11.8 Å². The Kier molecular flexibility index (Phi) is 5.08. The van der Waals surface area contributed by atoms with Crippen LogP contribution in [0.5, 0.6) is 17.4 Å². The highest BCUT2D eigenvalue weighted by atomic mass is 16.6. The van der Waals surface area contributed by atoms with Gasteiger partial charge in [-0.3, -0.25) is 0 Å². The average Bonchev–Trinajstić information content (AvgIpc) is 3.69. The van der Waals surface area contributed by atoms with Gasteiger partial charge >= 0.3 is 0 Å². The maximum Gasteiger partial charge on any atom is 0.257 e. The smallest absolute Gasteiger partial charge is 0.257 e. The van der Waals surface area contributed by atoms with Gasteiger partial charge < -0.3 is 24.8 Å². The van der Waals surface area contributed by atoms with Crippen LogP contribution in [0.3, 0.4) is 0 Å². The second-order valence-electron chi connectivity index (χ2n) is 11.5. The van der Waals surface area contributed by atoms with Crippen LogP contribution in [0.2, 0.25) is 0 Å². The van der Waals surface area contributed by atoms with Gasteiger partial charge in [0, 0.05) is 34.9 Å². The van der Waals surface area contributed by atoms with E-state index in [1.807, 2.05) is 24.4 Å². The van der Waals surface area contributed by atoms with E-state index in [9.17, 15) is 5.11 Å². The zero-order valence-electron chi connectivity index (χ0n) is 21.3. The number of phenolic OH excluding ortho intramolecular Hbond substituents is 1. The normalized spacial score (nSPS) is 28.2. The van der Waals surface area contributed by atoms with Crippen molar-refractivity contribution in [2.24, 2.45) is 0 Å². The third kappa shape index (κ3) is 4.15. The molecule has 192 valence electrons. The maximum atomic E-state index is 10.8. The third-order valence-electron chi connectivity index (χ3n) is 8.32. The molecule has 2 saturated heterocycles. The van der Waals surface area contributed by atoms with E-state index in [1.54, 1.807) is 12.3 Å². The predicted octanol–water partition coefficient (Wildman–Crippen LogP) is 4.11. The quantitative estimate of drug-likeness (QED) is 0.535. The van der Waals surface area contributed by atoms with Gasteiger partial charge in [0.2, 0.25) is 0 Å². The molecule has 3 atom stereocenters.